The molecule has 1 aliphatic rings. The highest BCUT2D eigenvalue weighted by Crippen LogP contribution is 2.43. The van der Waals surface area contributed by atoms with Crippen molar-refractivity contribution >= 4 is 5.69 Å². The molecule has 1 aliphatic heterocycles. The monoisotopic (exact) mass is 431 g/mol. The van der Waals surface area contributed by atoms with Crippen molar-refractivity contribution in [2.24, 2.45) is 0 Å². The van der Waals surface area contributed by atoms with Gasteiger partial charge in [0.1, 0.15) is 0 Å². The molecule has 0 aromatic heterocycles. The van der Waals surface area contributed by atoms with E-state index >= 15 is 0 Å². The fraction of sp³-hybridized carbons (Fsp3) is 0.250. The lowest BCUT2D eigenvalue weighted by Crippen LogP contribution is -2.21. The maximum absolute atomic E-state index is 2.56. The zero-order valence-electron chi connectivity index (χ0n) is 20.2. The second kappa shape index (κ2) is 8.56. The van der Waals surface area contributed by atoms with Crippen molar-refractivity contribution in [2.75, 3.05) is 11.4 Å². The Labute approximate surface area is 198 Å². The first-order valence-electron chi connectivity index (χ1n) is 12.0. The van der Waals surface area contributed by atoms with E-state index < -0.39 is 0 Å². The average molecular weight is 432 g/mol. The highest BCUT2D eigenvalue weighted by Gasteiger charge is 2.30. The summed E-state index contributed by atoms with van der Waals surface area (Å²) in [7, 11) is 0. The number of fused-ring (bicyclic) bond motifs is 1. The van der Waals surface area contributed by atoms with Crippen LogP contribution >= 0.6 is 0 Å². The third-order valence-corrected chi connectivity index (χ3v) is 6.93. The molecule has 1 atom stereocenters. The fourth-order valence-electron chi connectivity index (χ4n) is 4.91. The predicted molar refractivity (Wildman–Crippen MR) is 141 cm³/mol. The molecular formula is C32H33N. The minimum atomic E-state index is 0.171. The lowest BCUT2D eigenvalue weighted by Gasteiger charge is -2.21. The van der Waals surface area contributed by atoms with Gasteiger partial charge in [-0.15, -0.1) is 0 Å². The Hall–Kier alpha value is -3.32. The summed E-state index contributed by atoms with van der Waals surface area (Å²) in [6.07, 6.45) is 0. The van der Waals surface area contributed by atoms with E-state index in [1.165, 1.54) is 44.6 Å². The normalized spacial score (nSPS) is 15.5. The van der Waals surface area contributed by atoms with Crippen LogP contribution in [0.5, 0.6) is 0 Å². The summed E-state index contributed by atoms with van der Waals surface area (Å²) < 4.78 is 0. The van der Waals surface area contributed by atoms with E-state index in [1.54, 1.807) is 0 Å². The Morgan fingerprint density at radius 3 is 2.09 bits per heavy atom. The van der Waals surface area contributed by atoms with Gasteiger partial charge in [0.05, 0.1) is 0 Å². The van der Waals surface area contributed by atoms with Gasteiger partial charge in [-0.05, 0) is 51.8 Å². The van der Waals surface area contributed by atoms with Crippen molar-refractivity contribution < 1.29 is 0 Å². The smallest absolute Gasteiger partial charge is 0.0429 e. The van der Waals surface area contributed by atoms with Crippen LogP contribution in [0.15, 0.2) is 97.1 Å². The summed E-state index contributed by atoms with van der Waals surface area (Å²) in [6.45, 7) is 10.9. The molecule has 1 unspecified atom stereocenters. The Kier molecular flexibility index (Phi) is 5.58. The van der Waals surface area contributed by atoms with Crippen LogP contribution in [-0.4, -0.2) is 6.54 Å². The van der Waals surface area contributed by atoms with E-state index in [2.05, 4.69) is 130 Å². The van der Waals surface area contributed by atoms with Crippen molar-refractivity contribution in [3.63, 3.8) is 0 Å². The molecule has 1 nitrogen and oxygen atoms in total. The Balaban J connectivity index is 1.53. The summed E-state index contributed by atoms with van der Waals surface area (Å²) in [4.78, 5) is 2.56. The summed E-state index contributed by atoms with van der Waals surface area (Å²) in [5.74, 6) is 0.404. The molecule has 0 saturated heterocycles. The highest BCUT2D eigenvalue weighted by molar-refractivity contribution is 5.74. The molecule has 4 aromatic rings. The van der Waals surface area contributed by atoms with Crippen LogP contribution in [0.4, 0.5) is 5.69 Å². The molecule has 0 saturated carbocycles. The summed E-state index contributed by atoms with van der Waals surface area (Å²) >= 11 is 0. The van der Waals surface area contributed by atoms with Gasteiger partial charge in [0.2, 0.25) is 0 Å². The third-order valence-electron chi connectivity index (χ3n) is 6.93. The molecule has 0 radical (unpaired) electrons. The molecule has 0 fully saturated rings. The molecule has 0 bridgehead atoms. The van der Waals surface area contributed by atoms with Crippen molar-refractivity contribution in [2.45, 2.75) is 45.6 Å². The van der Waals surface area contributed by atoms with Gasteiger partial charge in [-0.25, -0.2) is 0 Å². The number of benzene rings is 4. The SMILES string of the molecule is Cc1ccc(C2CN(Cc3ccccc3)c3cc(-c4ccc(C(C)(C)C)cc4)ccc32)cc1. The zero-order valence-corrected chi connectivity index (χ0v) is 20.2. The molecule has 0 spiro atoms. The van der Waals surface area contributed by atoms with Crippen molar-refractivity contribution in [1.29, 1.82) is 0 Å². The first kappa shape index (κ1) is 21.5. The van der Waals surface area contributed by atoms with Gasteiger partial charge < -0.3 is 4.90 Å². The Morgan fingerprint density at radius 2 is 1.42 bits per heavy atom. The maximum atomic E-state index is 2.56. The second-order valence-corrected chi connectivity index (χ2v) is 10.4. The lowest BCUT2D eigenvalue weighted by molar-refractivity contribution is 0.590. The van der Waals surface area contributed by atoms with Crippen LogP contribution in [0.2, 0.25) is 0 Å². The van der Waals surface area contributed by atoms with Gasteiger partial charge >= 0.3 is 0 Å². The number of hydrogen-bond donors (Lipinski definition) is 0. The molecule has 5 rings (SSSR count). The fourth-order valence-corrected chi connectivity index (χ4v) is 4.91. The standard InChI is InChI=1S/C32H33N/c1-23-10-12-26(13-11-23)30-22-33(21-24-8-6-5-7-9-24)31-20-27(16-19-29(30)31)25-14-17-28(18-15-25)32(2,3)4/h5-20,30H,21-22H2,1-4H3. The van der Waals surface area contributed by atoms with Gasteiger partial charge in [0.15, 0.2) is 0 Å². The minimum absolute atomic E-state index is 0.171. The van der Waals surface area contributed by atoms with Gasteiger partial charge in [-0.3, -0.25) is 0 Å². The molecule has 1 heteroatoms. The van der Waals surface area contributed by atoms with Gasteiger partial charge in [0.25, 0.3) is 0 Å². The molecule has 0 amide bonds. The molecule has 0 N–H and O–H groups in total. The van der Waals surface area contributed by atoms with Crippen molar-refractivity contribution in [3.05, 3.63) is 125 Å². The first-order valence-corrected chi connectivity index (χ1v) is 12.0. The molecular weight excluding hydrogens is 398 g/mol. The quantitative estimate of drug-likeness (QED) is 0.315. The van der Waals surface area contributed by atoms with Gasteiger partial charge in [-0.1, -0.05) is 117 Å². The first-order chi connectivity index (χ1) is 15.9. The van der Waals surface area contributed by atoms with Crippen LogP contribution in [0.1, 0.15) is 54.5 Å². The Morgan fingerprint density at radius 1 is 0.758 bits per heavy atom. The maximum Gasteiger partial charge on any atom is 0.0429 e. The molecule has 1 heterocycles. The van der Waals surface area contributed by atoms with E-state index in [4.69, 9.17) is 0 Å². The van der Waals surface area contributed by atoms with E-state index in [0.29, 0.717) is 5.92 Å². The lowest BCUT2D eigenvalue weighted by atomic mass is 9.86. The number of hydrogen-bond acceptors (Lipinski definition) is 1. The number of rotatable bonds is 4. The summed E-state index contributed by atoms with van der Waals surface area (Å²) in [5, 5.41) is 0. The van der Waals surface area contributed by atoms with Gasteiger partial charge in [-0.2, -0.15) is 0 Å². The number of nitrogens with zero attached hydrogens (tertiary/aromatic N) is 1. The summed E-state index contributed by atoms with van der Waals surface area (Å²) in [5.41, 5.74) is 11.0. The number of aryl methyl sites for hydroxylation is 1. The topological polar surface area (TPSA) is 3.24 Å². The molecule has 4 aromatic carbocycles. The third kappa shape index (κ3) is 4.46. The van der Waals surface area contributed by atoms with Crippen LogP contribution in [0.25, 0.3) is 11.1 Å². The van der Waals surface area contributed by atoms with E-state index in [9.17, 15) is 0 Å². The average Bonchev–Trinajstić information content (AvgIpc) is 3.17. The van der Waals surface area contributed by atoms with E-state index in [1.807, 2.05) is 0 Å². The summed E-state index contributed by atoms with van der Waals surface area (Å²) in [6, 6.07) is 36.1. The van der Waals surface area contributed by atoms with Crippen LogP contribution in [0.3, 0.4) is 0 Å². The molecule has 166 valence electrons. The predicted octanol–water partition coefficient (Wildman–Crippen LogP) is 8.11. The highest BCUT2D eigenvalue weighted by atomic mass is 15.2. The zero-order chi connectivity index (χ0) is 23.0. The van der Waals surface area contributed by atoms with E-state index in [-0.39, 0.29) is 5.41 Å². The van der Waals surface area contributed by atoms with Crippen LogP contribution in [-0.2, 0) is 12.0 Å². The second-order valence-electron chi connectivity index (χ2n) is 10.4. The van der Waals surface area contributed by atoms with Crippen LogP contribution in [0, 0.1) is 6.92 Å². The minimum Gasteiger partial charge on any atom is -0.366 e. The van der Waals surface area contributed by atoms with Crippen molar-refractivity contribution in [3.8, 4) is 11.1 Å². The largest absolute Gasteiger partial charge is 0.366 e. The van der Waals surface area contributed by atoms with E-state index in [0.717, 1.165) is 13.1 Å². The number of anilines is 1. The molecule has 0 aliphatic carbocycles. The van der Waals surface area contributed by atoms with Crippen molar-refractivity contribution in [1.82, 2.24) is 0 Å². The Bertz CT molecular complexity index is 1230. The van der Waals surface area contributed by atoms with Crippen LogP contribution < -0.4 is 4.90 Å². The molecule has 33 heavy (non-hydrogen) atoms. The van der Waals surface area contributed by atoms with Gasteiger partial charge in [0, 0.05) is 24.7 Å².